The number of fused-ring (bicyclic) bond motifs is 6. The van der Waals surface area contributed by atoms with Crippen LogP contribution in [0, 0.1) is 17.9 Å². The molecule has 6 aromatic rings. The van der Waals surface area contributed by atoms with E-state index in [9.17, 15) is 9.90 Å². The monoisotopic (exact) mass is 810 g/mol. The summed E-state index contributed by atoms with van der Waals surface area (Å²) in [5, 5.41) is 14.7. The van der Waals surface area contributed by atoms with Crippen molar-refractivity contribution in [3.63, 3.8) is 0 Å². The fraction of sp³-hybridized carbons (Fsp3) is 0.350. The van der Waals surface area contributed by atoms with Gasteiger partial charge in [-0.15, -0.1) is 40.5 Å². The van der Waals surface area contributed by atoms with Crippen LogP contribution < -0.4 is 0 Å². The molecule has 0 atom stereocenters. The van der Waals surface area contributed by atoms with Gasteiger partial charge in [-0.25, -0.2) is 0 Å². The van der Waals surface area contributed by atoms with E-state index in [2.05, 4.69) is 98.0 Å². The summed E-state index contributed by atoms with van der Waals surface area (Å²) < 4.78 is 3.60. The summed E-state index contributed by atoms with van der Waals surface area (Å²) >= 11 is 1.83. The number of hydrogen-bond acceptors (Lipinski definition) is 4. The molecule has 3 aromatic heterocycles. The van der Waals surface area contributed by atoms with Gasteiger partial charge in [0.1, 0.15) is 4.83 Å². The van der Waals surface area contributed by atoms with Crippen molar-refractivity contribution in [2.24, 2.45) is 11.8 Å². The van der Waals surface area contributed by atoms with E-state index in [4.69, 9.17) is 4.98 Å². The Kier molecular flexibility index (Phi) is 11.6. The number of ketones is 1. The Morgan fingerprint density at radius 3 is 2.17 bits per heavy atom. The van der Waals surface area contributed by atoms with Crippen LogP contribution in [-0.4, -0.2) is 20.3 Å². The molecule has 0 aliphatic rings. The molecule has 4 nitrogen and oxygen atoms in total. The number of carbonyl (C=O) groups is 1. The van der Waals surface area contributed by atoms with Gasteiger partial charge in [0.05, 0.1) is 17.1 Å². The van der Waals surface area contributed by atoms with E-state index in [1.165, 1.54) is 37.3 Å². The number of carbonyl (C=O) groups excluding carboxylic acids is 1. The first-order valence-corrected chi connectivity index (χ1v) is 17.1. The maximum Gasteiger partial charge on any atom is 0.162 e. The van der Waals surface area contributed by atoms with Crippen molar-refractivity contribution >= 4 is 53.7 Å². The van der Waals surface area contributed by atoms with Gasteiger partial charge in [0, 0.05) is 59.7 Å². The predicted octanol–water partition coefficient (Wildman–Crippen LogP) is 11.5. The molecule has 0 bridgehead atoms. The molecule has 0 amide bonds. The second kappa shape index (κ2) is 15.1. The van der Waals surface area contributed by atoms with Gasteiger partial charge in [0.25, 0.3) is 0 Å². The van der Waals surface area contributed by atoms with Crippen molar-refractivity contribution < 1.29 is 30.0 Å². The minimum Gasteiger partial charge on any atom is -0.512 e. The zero-order valence-corrected chi connectivity index (χ0v) is 31.2. The molecule has 1 radical (unpaired) electrons. The van der Waals surface area contributed by atoms with E-state index in [-0.39, 0.29) is 48.9 Å². The van der Waals surface area contributed by atoms with Gasteiger partial charge < -0.3 is 9.51 Å². The van der Waals surface area contributed by atoms with Crippen molar-refractivity contribution in [1.82, 2.24) is 9.38 Å². The van der Waals surface area contributed by atoms with Crippen LogP contribution in [0.3, 0.4) is 0 Å². The Hall–Kier alpha value is -3.31. The van der Waals surface area contributed by atoms with Crippen LogP contribution in [0.1, 0.15) is 79.7 Å². The van der Waals surface area contributed by atoms with Crippen molar-refractivity contribution in [3.8, 4) is 11.4 Å². The maximum atomic E-state index is 11.7. The summed E-state index contributed by atoms with van der Waals surface area (Å²) in [5.41, 5.74) is 3.52. The zero-order valence-electron chi connectivity index (χ0n) is 28.0. The number of benzene rings is 3. The molecule has 1 N–H and O–H groups in total. The van der Waals surface area contributed by atoms with Gasteiger partial charge in [0.15, 0.2) is 5.78 Å². The number of aliphatic hydroxyl groups is 1. The Balaban J connectivity index is 0.000000259. The Morgan fingerprint density at radius 2 is 1.52 bits per heavy atom. The molecule has 0 saturated carbocycles. The van der Waals surface area contributed by atoms with Gasteiger partial charge in [-0.3, -0.25) is 9.78 Å². The molecular weight excluding hydrogens is 765 g/mol. The molecule has 3 heterocycles. The van der Waals surface area contributed by atoms with Crippen LogP contribution in [0.4, 0.5) is 0 Å². The maximum absolute atomic E-state index is 11.7. The first kappa shape index (κ1) is 35.5. The Bertz CT molecular complexity index is 1990. The normalized spacial score (nSPS) is 12.2. The molecular formula is C40H45IrN2O2S-. The van der Waals surface area contributed by atoms with Crippen LogP contribution in [0.15, 0.2) is 84.8 Å². The number of allylic oxidation sites excluding steroid dienone is 2. The predicted molar refractivity (Wildman–Crippen MR) is 192 cm³/mol. The molecule has 0 saturated heterocycles. The van der Waals surface area contributed by atoms with Crippen molar-refractivity contribution in [2.75, 3.05) is 0 Å². The third kappa shape index (κ3) is 7.15. The summed E-state index contributed by atoms with van der Waals surface area (Å²) in [4.78, 5) is 17.8. The van der Waals surface area contributed by atoms with E-state index in [0.717, 1.165) is 48.0 Å². The molecule has 0 aliphatic heterocycles. The minimum atomic E-state index is 0. The topological polar surface area (TPSA) is 54.6 Å². The number of aliphatic hydroxyl groups excluding tert-OH is 1. The first-order valence-electron chi connectivity index (χ1n) is 16.3. The largest absolute Gasteiger partial charge is 0.512 e. The van der Waals surface area contributed by atoms with Gasteiger partial charge >= 0.3 is 0 Å². The first-order chi connectivity index (χ1) is 21.6. The fourth-order valence-corrected chi connectivity index (χ4v) is 7.40. The standard InChI is InChI=1S/C27H21N2S.C13H24O2.Ir/c1-27(2,3)23-15-18(14-17-8-4-5-9-20(17)23)25-28-16-19-12-13-22-21-10-6-7-11-24(21)30-26(22)29(19)25;1-5-10(6-2)12(14)9-13(15)11(7-3)8-4;/h4-13,15-16H,1-3H3;9-11,14H,5-8H2,1-4H3;/q-1;;. The van der Waals surface area contributed by atoms with Crippen LogP contribution in [0.25, 0.3) is 48.0 Å². The average molecular weight is 810 g/mol. The van der Waals surface area contributed by atoms with Crippen LogP contribution in [-0.2, 0) is 30.3 Å². The van der Waals surface area contributed by atoms with E-state index >= 15 is 0 Å². The van der Waals surface area contributed by atoms with Crippen molar-refractivity contribution in [1.29, 1.82) is 0 Å². The SMILES string of the molecule is CC(C)(C)c1cc(-c2ncc3ccc4c5ccccc5sc4n23)[c-]c2ccccc12.CCC(CC)C(=O)C=C(O)C(CC)CC.[Ir]. The summed E-state index contributed by atoms with van der Waals surface area (Å²) in [6, 6.07) is 27.5. The zero-order chi connectivity index (χ0) is 32.3. The van der Waals surface area contributed by atoms with Gasteiger partial charge in [-0.2, -0.15) is 0 Å². The van der Waals surface area contributed by atoms with Crippen LogP contribution in [0.2, 0.25) is 0 Å². The van der Waals surface area contributed by atoms with Crippen molar-refractivity contribution in [2.45, 2.75) is 79.6 Å². The molecule has 0 spiro atoms. The number of hydrogen-bond donors (Lipinski definition) is 1. The Morgan fingerprint density at radius 1 is 0.891 bits per heavy atom. The van der Waals surface area contributed by atoms with E-state index < -0.39 is 0 Å². The molecule has 3 aromatic carbocycles. The molecule has 243 valence electrons. The summed E-state index contributed by atoms with van der Waals surface area (Å²) in [7, 11) is 0. The number of thiophene rings is 1. The minimum absolute atomic E-state index is 0. The number of aromatic nitrogens is 2. The van der Waals surface area contributed by atoms with Gasteiger partial charge in [-0.05, 0) is 49.3 Å². The average Bonchev–Trinajstić information content (AvgIpc) is 3.63. The molecule has 0 fully saturated rings. The third-order valence-corrected chi connectivity index (χ3v) is 10.1. The number of imidazole rings is 1. The van der Waals surface area contributed by atoms with E-state index in [1.54, 1.807) is 0 Å². The number of rotatable bonds is 8. The molecule has 0 unspecified atom stereocenters. The smallest absolute Gasteiger partial charge is 0.162 e. The number of nitrogens with zero attached hydrogens (tertiary/aromatic N) is 2. The molecule has 6 heteroatoms. The van der Waals surface area contributed by atoms with Crippen LogP contribution >= 0.6 is 11.3 Å². The fourth-order valence-electron chi connectivity index (χ4n) is 6.19. The van der Waals surface area contributed by atoms with E-state index in [1.807, 2.05) is 45.2 Å². The molecule has 46 heavy (non-hydrogen) atoms. The number of pyridine rings is 1. The van der Waals surface area contributed by atoms with E-state index in [0.29, 0.717) is 0 Å². The quantitative estimate of drug-likeness (QED) is 0.0946. The second-order valence-electron chi connectivity index (χ2n) is 12.9. The van der Waals surface area contributed by atoms with Gasteiger partial charge in [-0.1, -0.05) is 95.8 Å². The van der Waals surface area contributed by atoms with Gasteiger partial charge in [0.2, 0.25) is 0 Å². The molecule has 0 aliphatic carbocycles. The summed E-state index contributed by atoms with van der Waals surface area (Å²) in [6.45, 7) is 14.9. The summed E-state index contributed by atoms with van der Waals surface area (Å²) in [6.07, 6.45) is 6.88. The Labute approximate surface area is 290 Å². The third-order valence-electron chi connectivity index (χ3n) is 8.93. The second-order valence-corrected chi connectivity index (χ2v) is 13.9. The molecule has 6 rings (SSSR count). The van der Waals surface area contributed by atoms with Crippen LogP contribution in [0.5, 0.6) is 0 Å². The van der Waals surface area contributed by atoms with Crippen molar-refractivity contribution in [3.05, 3.63) is 96.4 Å². The summed E-state index contributed by atoms with van der Waals surface area (Å²) in [5.74, 6) is 1.50.